The zero-order valence-corrected chi connectivity index (χ0v) is 12.5. The van der Waals surface area contributed by atoms with Gasteiger partial charge in [0.25, 0.3) is 0 Å². The molecule has 2 saturated heterocycles. The van der Waals surface area contributed by atoms with Crippen molar-refractivity contribution in [2.75, 3.05) is 26.2 Å². The number of hydrogen-bond acceptors (Lipinski definition) is 3. The normalized spacial score (nSPS) is 26.6. The molecule has 2 fully saturated rings. The van der Waals surface area contributed by atoms with Gasteiger partial charge in [0.15, 0.2) is 0 Å². The van der Waals surface area contributed by atoms with Crippen LogP contribution in [0.2, 0.25) is 0 Å². The van der Waals surface area contributed by atoms with Crippen LogP contribution in [-0.2, 0) is 9.59 Å². The van der Waals surface area contributed by atoms with Gasteiger partial charge in [-0.25, -0.2) is 0 Å². The van der Waals surface area contributed by atoms with Crippen molar-refractivity contribution in [1.29, 1.82) is 0 Å². The van der Waals surface area contributed by atoms with Crippen LogP contribution in [0.25, 0.3) is 0 Å². The molecule has 2 amide bonds. The van der Waals surface area contributed by atoms with E-state index in [1.165, 1.54) is 0 Å². The molecule has 2 rings (SSSR count). The number of likely N-dealkylation sites (tertiary alicyclic amines) is 1. The minimum absolute atomic E-state index is 0.00332. The Balaban J connectivity index is 1.72. The van der Waals surface area contributed by atoms with Gasteiger partial charge < -0.3 is 15.5 Å². The zero-order chi connectivity index (χ0) is 14.4. The fraction of sp³-hybridized carbons (Fsp3) is 0.867. The molecule has 2 N–H and O–H groups in total. The van der Waals surface area contributed by atoms with Gasteiger partial charge in [0, 0.05) is 26.1 Å². The summed E-state index contributed by atoms with van der Waals surface area (Å²) in [5, 5.41) is 6.26. The van der Waals surface area contributed by atoms with Crippen LogP contribution in [0.5, 0.6) is 0 Å². The molecule has 0 unspecified atom stereocenters. The van der Waals surface area contributed by atoms with Crippen LogP contribution in [-0.4, -0.2) is 48.9 Å². The highest BCUT2D eigenvalue weighted by molar-refractivity contribution is 5.82. The number of carbonyl (C=O) groups excluding carboxylic acids is 2. The van der Waals surface area contributed by atoms with Gasteiger partial charge in [-0.3, -0.25) is 9.59 Å². The van der Waals surface area contributed by atoms with Gasteiger partial charge in [-0.15, -0.1) is 0 Å². The molecule has 0 radical (unpaired) electrons. The Morgan fingerprint density at radius 3 is 2.85 bits per heavy atom. The third-order valence-electron chi connectivity index (χ3n) is 4.28. The van der Waals surface area contributed by atoms with Crippen molar-refractivity contribution in [2.24, 2.45) is 5.92 Å². The predicted molar refractivity (Wildman–Crippen MR) is 78.2 cm³/mol. The first kappa shape index (κ1) is 15.3. The van der Waals surface area contributed by atoms with Crippen molar-refractivity contribution in [3.8, 4) is 0 Å². The van der Waals surface area contributed by atoms with E-state index in [4.69, 9.17) is 0 Å². The van der Waals surface area contributed by atoms with E-state index in [1.807, 2.05) is 11.8 Å². The average Bonchev–Trinajstić information content (AvgIpc) is 2.99. The summed E-state index contributed by atoms with van der Waals surface area (Å²) in [5.74, 6) is 0.801. The zero-order valence-electron chi connectivity index (χ0n) is 12.5. The first-order valence-electron chi connectivity index (χ1n) is 7.99. The van der Waals surface area contributed by atoms with Crippen molar-refractivity contribution >= 4 is 11.8 Å². The molecule has 5 nitrogen and oxygen atoms in total. The minimum Gasteiger partial charge on any atom is -0.354 e. The Hall–Kier alpha value is -1.10. The van der Waals surface area contributed by atoms with Crippen molar-refractivity contribution in [1.82, 2.24) is 15.5 Å². The number of nitrogens with zero attached hydrogens (tertiary/aromatic N) is 1. The van der Waals surface area contributed by atoms with E-state index in [1.54, 1.807) is 0 Å². The summed E-state index contributed by atoms with van der Waals surface area (Å²) in [5.41, 5.74) is 0. The fourth-order valence-corrected chi connectivity index (χ4v) is 3.11. The molecule has 2 atom stereocenters. The van der Waals surface area contributed by atoms with Gasteiger partial charge in [0.05, 0.1) is 6.04 Å². The summed E-state index contributed by atoms with van der Waals surface area (Å²) in [6, 6.07) is -0.00332. The van der Waals surface area contributed by atoms with Crippen molar-refractivity contribution < 1.29 is 9.59 Å². The van der Waals surface area contributed by atoms with Crippen molar-refractivity contribution in [3.05, 3.63) is 0 Å². The lowest BCUT2D eigenvalue weighted by Gasteiger charge is -2.33. The lowest BCUT2D eigenvalue weighted by molar-refractivity contribution is -0.133. The molecule has 0 aromatic rings. The van der Waals surface area contributed by atoms with Gasteiger partial charge in [-0.1, -0.05) is 6.92 Å². The Kier molecular flexibility index (Phi) is 5.83. The maximum Gasteiger partial charge on any atom is 0.237 e. The molecule has 0 aromatic carbocycles. The second-order valence-corrected chi connectivity index (χ2v) is 5.99. The molecule has 0 saturated carbocycles. The largest absolute Gasteiger partial charge is 0.354 e. The Bertz CT molecular complexity index is 340. The van der Waals surface area contributed by atoms with Gasteiger partial charge in [0.1, 0.15) is 0 Å². The standard InChI is InChI=1S/C15H27N3O2/c1-2-5-14(19)18-9-4-6-12(11-18)10-17-15(20)13-7-3-8-16-13/h12-13,16H,2-11H2,1H3,(H,17,20)/t12-,13+/m1/s1. The SMILES string of the molecule is CCCC(=O)N1CCC[C@H](CNC(=O)[C@@H]2CCCN2)C1. The summed E-state index contributed by atoms with van der Waals surface area (Å²) in [4.78, 5) is 25.8. The van der Waals surface area contributed by atoms with Gasteiger partial charge in [0.2, 0.25) is 11.8 Å². The highest BCUT2D eigenvalue weighted by Crippen LogP contribution is 2.17. The van der Waals surface area contributed by atoms with Crippen LogP contribution >= 0.6 is 0 Å². The molecule has 0 bridgehead atoms. The molecule has 2 heterocycles. The molecule has 0 spiro atoms. The topological polar surface area (TPSA) is 61.4 Å². The number of amides is 2. The molecule has 5 heteroatoms. The van der Waals surface area contributed by atoms with E-state index in [2.05, 4.69) is 10.6 Å². The van der Waals surface area contributed by atoms with Crippen LogP contribution in [0.15, 0.2) is 0 Å². The number of hydrogen-bond donors (Lipinski definition) is 2. The first-order chi connectivity index (χ1) is 9.70. The molecule has 0 aromatic heterocycles. The second-order valence-electron chi connectivity index (χ2n) is 5.99. The molecule has 2 aliphatic rings. The van der Waals surface area contributed by atoms with Gasteiger partial charge in [-0.05, 0) is 44.6 Å². The average molecular weight is 281 g/mol. The highest BCUT2D eigenvalue weighted by atomic mass is 16.2. The van der Waals surface area contributed by atoms with E-state index in [-0.39, 0.29) is 17.9 Å². The fourth-order valence-electron chi connectivity index (χ4n) is 3.11. The molecular weight excluding hydrogens is 254 g/mol. The highest BCUT2D eigenvalue weighted by Gasteiger charge is 2.25. The lowest BCUT2D eigenvalue weighted by Crippen LogP contribution is -2.46. The van der Waals surface area contributed by atoms with Crippen LogP contribution in [0.4, 0.5) is 0 Å². The summed E-state index contributed by atoms with van der Waals surface area (Å²) in [7, 11) is 0. The summed E-state index contributed by atoms with van der Waals surface area (Å²) in [6.45, 7) is 5.37. The Morgan fingerprint density at radius 1 is 1.30 bits per heavy atom. The van der Waals surface area contributed by atoms with Gasteiger partial charge >= 0.3 is 0 Å². The minimum atomic E-state index is -0.00332. The molecule has 114 valence electrons. The van der Waals surface area contributed by atoms with Crippen LogP contribution < -0.4 is 10.6 Å². The number of piperidine rings is 1. The van der Waals surface area contributed by atoms with E-state index in [9.17, 15) is 9.59 Å². The number of rotatable bonds is 5. The summed E-state index contributed by atoms with van der Waals surface area (Å²) in [6.07, 6.45) is 5.74. The Morgan fingerprint density at radius 2 is 2.15 bits per heavy atom. The lowest BCUT2D eigenvalue weighted by atomic mass is 9.97. The Labute approximate surface area is 121 Å². The molecule has 20 heavy (non-hydrogen) atoms. The molecular formula is C15H27N3O2. The number of carbonyl (C=O) groups is 2. The first-order valence-corrected chi connectivity index (χ1v) is 7.99. The van der Waals surface area contributed by atoms with Crippen LogP contribution in [0.1, 0.15) is 45.4 Å². The molecule has 0 aliphatic carbocycles. The summed E-state index contributed by atoms with van der Waals surface area (Å²) >= 11 is 0. The van der Waals surface area contributed by atoms with Crippen LogP contribution in [0.3, 0.4) is 0 Å². The van der Waals surface area contributed by atoms with E-state index in [0.29, 0.717) is 18.9 Å². The third kappa shape index (κ3) is 4.20. The monoisotopic (exact) mass is 281 g/mol. The van der Waals surface area contributed by atoms with E-state index in [0.717, 1.165) is 51.7 Å². The smallest absolute Gasteiger partial charge is 0.237 e. The summed E-state index contributed by atoms with van der Waals surface area (Å²) < 4.78 is 0. The predicted octanol–water partition coefficient (Wildman–Crippen LogP) is 0.893. The maximum atomic E-state index is 12.0. The third-order valence-corrected chi connectivity index (χ3v) is 4.28. The van der Waals surface area contributed by atoms with Crippen molar-refractivity contribution in [2.45, 2.75) is 51.5 Å². The molecule has 2 aliphatic heterocycles. The van der Waals surface area contributed by atoms with Crippen molar-refractivity contribution in [3.63, 3.8) is 0 Å². The van der Waals surface area contributed by atoms with Gasteiger partial charge in [-0.2, -0.15) is 0 Å². The van der Waals surface area contributed by atoms with E-state index >= 15 is 0 Å². The quantitative estimate of drug-likeness (QED) is 0.787. The maximum absolute atomic E-state index is 12.0. The van der Waals surface area contributed by atoms with Crippen LogP contribution in [0, 0.1) is 5.92 Å². The van der Waals surface area contributed by atoms with E-state index < -0.39 is 0 Å². The second kappa shape index (κ2) is 7.62. The number of nitrogens with one attached hydrogen (secondary N) is 2.